The van der Waals surface area contributed by atoms with E-state index in [1.165, 1.54) is 0 Å². The molecule has 3 nitrogen and oxygen atoms in total. The van der Waals surface area contributed by atoms with E-state index in [9.17, 15) is 5.11 Å². The van der Waals surface area contributed by atoms with Crippen molar-refractivity contribution in [2.75, 3.05) is 19.8 Å². The Labute approximate surface area is 89.7 Å². The Kier molecular flexibility index (Phi) is 13.2. The van der Waals surface area contributed by atoms with Crippen LogP contribution in [0.25, 0.3) is 0 Å². The highest BCUT2D eigenvalue weighted by Gasteiger charge is 2.27. The molecule has 0 aromatic heterocycles. The number of rotatable bonds is 6. The summed E-state index contributed by atoms with van der Waals surface area (Å²) in [5.74, 6) is 0. The lowest BCUT2D eigenvalue weighted by Gasteiger charge is -2.23. The maximum atomic E-state index is 9.30. The predicted molar refractivity (Wildman–Crippen MR) is 61.2 cm³/mol. The van der Waals surface area contributed by atoms with Gasteiger partial charge in [-0.15, -0.1) is 0 Å². The molecule has 0 saturated carbocycles. The average molecular weight is 221 g/mol. The Bertz CT molecular complexity index is 102. The molecule has 0 atom stereocenters. The van der Waals surface area contributed by atoms with Crippen LogP contribution in [0.1, 0.15) is 34.1 Å². The predicted octanol–water partition coefficient (Wildman–Crippen LogP) is 2.98. The minimum atomic E-state index is -1.72. The minimum Gasteiger partial charge on any atom is -0.395 e. The Hall–Kier alpha value is 0.0969. The molecule has 0 heterocycles. The molecule has 4 heteroatoms. The smallest absolute Gasteiger partial charge is 0.334 e. The lowest BCUT2D eigenvalue weighted by Crippen LogP contribution is -2.37. The van der Waals surface area contributed by atoms with E-state index in [2.05, 4.69) is 13.5 Å². The topological polar surface area (TPSA) is 38.4 Å². The molecule has 1 radical (unpaired) electrons. The van der Waals surface area contributed by atoms with Crippen LogP contribution in [-0.2, 0) is 14.0 Å². The maximum Gasteiger partial charge on any atom is 0.334 e. The van der Waals surface area contributed by atoms with E-state index in [1.54, 1.807) is 0 Å². The van der Waals surface area contributed by atoms with E-state index in [0.717, 1.165) is 25.7 Å². The van der Waals surface area contributed by atoms with Crippen molar-refractivity contribution in [2.24, 2.45) is 0 Å². The highest BCUT2D eigenvalue weighted by molar-refractivity contribution is 6.65. The van der Waals surface area contributed by atoms with Gasteiger partial charge in [0.15, 0.2) is 0 Å². The normalized spacial score (nSPS) is 10.7. The summed E-state index contributed by atoms with van der Waals surface area (Å²) < 4.78 is 11.1. The molecule has 0 aliphatic heterocycles. The van der Waals surface area contributed by atoms with Crippen LogP contribution in [0.2, 0.25) is 12.6 Å². The quantitative estimate of drug-likeness (QED) is 0.647. The molecule has 0 aromatic rings. The van der Waals surface area contributed by atoms with Gasteiger partial charge < -0.3 is 8.85 Å². The third-order valence-corrected chi connectivity index (χ3v) is 4.83. The highest BCUT2D eigenvalue weighted by Crippen LogP contribution is 2.11. The highest BCUT2D eigenvalue weighted by atomic mass is 28.4. The molecule has 0 saturated heterocycles. The third kappa shape index (κ3) is 10.2. The van der Waals surface area contributed by atoms with Gasteiger partial charge in [0.25, 0.3) is 0 Å². The van der Waals surface area contributed by atoms with Gasteiger partial charge in [-0.1, -0.05) is 13.8 Å². The van der Waals surface area contributed by atoms with Crippen LogP contribution in [-0.4, -0.2) is 28.4 Å². The summed E-state index contributed by atoms with van der Waals surface area (Å²) in [6.07, 6.45) is 0.764. The van der Waals surface area contributed by atoms with Crippen molar-refractivity contribution in [3.63, 3.8) is 0 Å². The van der Waals surface area contributed by atoms with Crippen molar-refractivity contribution in [1.29, 1.82) is 0 Å². The van der Waals surface area contributed by atoms with Crippen LogP contribution in [0.15, 0.2) is 0 Å². The number of hydrogen-bond acceptors (Lipinski definition) is 2. The molecule has 0 spiro atoms. The molecule has 0 aliphatic rings. The first-order valence-electron chi connectivity index (χ1n) is 5.46. The molecule has 87 valence electrons. The first-order valence-corrected chi connectivity index (χ1v) is 7.98. The Morgan fingerprint density at radius 3 is 1.50 bits per heavy atom. The van der Waals surface area contributed by atoms with E-state index in [-0.39, 0.29) is 6.61 Å². The van der Waals surface area contributed by atoms with Gasteiger partial charge in [-0.05, 0) is 32.9 Å². The van der Waals surface area contributed by atoms with Gasteiger partial charge in [-0.2, -0.15) is 0 Å². The monoisotopic (exact) mass is 221 g/mol. The zero-order valence-electron chi connectivity index (χ0n) is 10.3. The molecule has 0 aromatic carbocycles. The van der Waals surface area contributed by atoms with Crippen molar-refractivity contribution in [1.82, 2.24) is 0 Å². The van der Waals surface area contributed by atoms with E-state index in [0.29, 0.717) is 0 Å². The average Bonchev–Trinajstić information content (AvgIpc) is 2.19. The summed E-state index contributed by atoms with van der Waals surface area (Å²) >= 11 is 0. The second-order valence-corrected chi connectivity index (χ2v) is 6.61. The van der Waals surface area contributed by atoms with Crippen molar-refractivity contribution in [2.45, 2.75) is 46.7 Å². The first-order chi connectivity index (χ1) is 6.60. The second kappa shape index (κ2) is 11.2. The molecule has 0 N–H and O–H groups in total. The molecular formula is C10H25O3Si. The van der Waals surface area contributed by atoms with Gasteiger partial charge in [0.2, 0.25) is 0 Å². The Balaban J connectivity index is 0. The van der Waals surface area contributed by atoms with Crippen LogP contribution in [0.5, 0.6) is 0 Å². The van der Waals surface area contributed by atoms with Gasteiger partial charge >= 0.3 is 8.56 Å². The van der Waals surface area contributed by atoms with Gasteiger partial charge in [0.1, 0.15) is 0 Å². The van der Waals surface area contributed by atoms with Crippen LogP contribution < -0.4 is 0 Å². The van der Waals surface area contributed by atoms with E-state index < -0.39 is 8.56 Å². The molecule has 0 amide bonds. The van der Waals surface area contributed by atoms with Crippen LogP contribution in [0, 0.1) is 0 Å². The van der Waals surface area contributed by atoms with Crippen LogP contribution >= 0.6 is 0 Å². The molecule has 0 unspecified atom stereocenters. The van der Waals surface area contributed by atoms with Crippen molar-refractivity contribution >= 4 is 8.56 Å². The SMILES string of the molecule is CCC[O].CCO[Si](C)(CC)OCC. The zero-order chi connectivity index (χ0) is 11.4. The summed E-state index contributed by atoms with van der Waals surface area (Å²) in [4.78, 5) is 0. The third-order valence-electron chi connectivity index (χ3n) is 1.75. The van der Waals surface area contributed by atoms with Gasteiger partial charge in [-0.3, -0.25) is 0 Å². The Morgan fingerprint density at radius 2 is 1.36 bits per heavy atom. The van der Waals surface area contributed by atoms with E-state index in [1.807, 2.05) is 20.8 Å². The second-order valence-electron chi connectivity index (χ2n) is 3.06. The van der Waals surface area contributed by atoms with Crippen LogP contribution in [0.3, 0.4) is 0 Å². The molecular weight excluding hydrogens is 196 g/mol. The fraction of sp³-hybridized carbons (Fsp3) is 1.00. The molecule has 0 fully saturated rings. The molecule has 0 aliphatic carbocycles. The minimum absolute atomic E-state index is 0.0694. The zero-order valence-corrected chi connectivity index (χ0v) is 11.3. The summed E-state index contributed by atoms with van der Waals surface area (Å²) in [7, 11) is -1.72. The standard InChI is InChI=1S/C7H18O2Si.C3H7O/c1-5-8-10(4,7-3)9-6-2;1-2-3-4/h5-7H2,1-4H3;2-3H2,1H3. The fourth-order valence-electron chi connectivity index (χ4n) is 0.856. The molecule has 14 heavy (non-hydrogen) atoms. The Morgan fingerprint density at radius 1 is 1.00 bits per heavy atom. The maximum absolute atomic E-state index is 9.30. The lowest BCUT2D eigenvalue weighted by molar-refractivity contribution is 0.190. The van der Waals surface area contributed by atoms with Crippen molar-refractivity contribution in [3.8, 4) is 0 Å². The summed E-state index contributed by atoms with van der Waals surface area (Å²) in [5.41, 5.74) is 0. The van der Waals surface area contributed by atoms with Crippen molar-refractivity contribution in [3.05, 3.63) is 0 Å². The van der Waals surface area contributed by atoms with Crippen LogP contribution in [0.4, 0.5) is 0 Å². The fourth-order valence-corrected chi connectivity index (χ4v) is 2.57. The number of hydrogen-bond donors (Lipinski definition) is 0. The van der Waals surface area contributed by atoms with E-state index >= 15 is 0 Å². The summed E-state index contributed by atoms with van der Waals surface area (Å²) in [5, 5.41) is 9.30. The summed E-state index contributed by atoms with van der Waals surface area (Å²) in [6, 6.07) is 1.04. The molecule has 0 bridgehead atoms. The largest absolute Gasteiger partial charge is 0.395 e. The van der Waals surface area contributed by atoms with E-state index in [4.69, 9.17) is 8.85 Å². The summed E-state index contributed by atoms with van der Waals surface area (Å²) in [6.45, 7) is 11.7. The van der Waals surface area contributed by atoms with Gasteiger partial charge in [0, 0.05) is 13.2 Å². The lowest BCUT2D eigenvalue weighted by atomic mass is 10.5. The molecule has 0 rings (SSSR count). The van der Waals surface area contributed by atoms with Gasteiger partial charge in [-0.25, -0.2) is 5.11 Å². The van der Waals surface area contributed by atoms with Gasteiger partial charge in [0.05, 0.1) is 6.61 Å². The van der Waals surface area contributed by atoms with Crippen molar-refractivity contribution < 1.29 is 14.0 Å². The first kappa shape index (κ1) is 16.5.